The normalized spacial score (nSPS) is 21.1. The molecular weight excluding hydrogens is 286 g/mol. The largest absolute Gasteiger partial charge is 0.273 e. The summed E-state index contributed by atoms with van der Waals surface area (Å²) in [5, 5.41) is 0.0652. The molecular formula is C17H18ClNO2. The molecule has 2 amide bonds. The van der Waals surface area contributed by atoms with E-state index in [1.54, 1.807) is 0 Å². The van der Waals surface area contributed by atoms with Gasteiger partial charge < -0.3 is 0 Å². The molecule has 1 heterocycles. The molecule has 1 saturated carbocycles. The summed E-state index contributed by atoms with van der Waals surface area (Å²) in [6.45, 7) is 0. The molecule has 110 valence electrons. The smallest absolute Gasteiger partial charge is 0.270 e. The Hall–Kier alpha value is -1.61. The van der Waals surface area contributed by atoms with Crippen LogP contribution in [-0.2, 0) is 9.59 Å². The highest BCUT2D eigenvalue weighted by Gasteiger charge is 2.41. The van der Waals surface area contributed by atoms with Crippen LogP contribution in [0.1, 0.15) is 44.1 Å². The van der Waals surface area contributed by atoms with E-state index in [0.717, 1.165) is 31.2 Å². The van der Waals surface area contributed by atoms with Crippen LogP contribution in [0.5, 0.6) is 0 Å². The van der Waals surface area contributed by atoms with Gasteiger partial charge in [-0.3, -0.25) is 14.5 Å². The minimum Gasteiger partial charge on any atom is -0.270 e. The lowest BCUT2D eigenvalue weighted by atomic mass is 10.0. The Morgan fingerprint density at radius 1 is 0.905 bits per heavy atom. The Morgan fingerprint density at radius 3 is 2.14 bits per heavy atom. The lowest BCUT2D eigenvalue weighted by molar-refractivity contribution is -0.139. The summed E-state index contributed by atoms with van der Waals surface area (Å²) in [6, 6.07) is 9.21. The first-order valence-electron chi connectivity index (χ1n) is 7.53. The van der Waals surface area contributed by atoms with Crippen molar-refractivity contribution >= 4 is 29.0 Å². The van der Waals surface area contributed by atoms with Crippen LogP contribution in [0.4, 0.5) is 0 Å². The minimum absolute atomic E-state index is 0.00228. The maximum absolute atomic E-state index is 12.7. The molecule has 1 aliphatic carbocycles. The predicted molar refractivity (Wildman–Crippen MR) is 82.6 cm³/mol. The number of halogens is 1. The second-order valence-corrected chi connectivity index (χ2v) is 6.06. The number of hydrogen-bond acceptors (Lipinski definition) is 2. The third-order valence-electron chi connectivity index (χ3n) is 4.31. The molecule has 1 fully saturated rings. The van der Waals surface area contributed by atoms with Gasteiger partial charge in [-0.2, -0.15) is 0 Å². The van der Waals surface area contributed by atoms with Gasteiger partial charge in [-0.1, -0.05) is 67.6 Å². The molecule has 1 aromatic rings. The van der Waals surface area contributed by atoms with Crippen molar-refractivity contribution in [2.45, 2.75) is 44.6 Å². The van der Waals surface area contributed by atoms with Crippen molar-refractivity contribution in [3.8, 4) is 0 Å². The fourth-order valence-electron chi connectivity index (χ4n) is 3.22. The summed E-state index contributed by atoms with van der Waals surface area (Å²) < 4.78 is 0. The van der Waals surface area contributed by atoms with E-state index in [2.05, 4.69) is 0 Å². The van der Waals surface area contributed by atoms with E-state index in [1.165, 1.54) is 17.7 Å². The second-order valence-electron chi connectivity index (χ2n) is 5.68. The molecule has 3 rings (SSSR count). The van der Waals surface area contributed by atoms with Gasteiger partial charge in [0.15, 0.2) is 0 Å². The molecule has 1 aromatic carbocycles. The number of carbonyl (C=O) groups excluding carboxylic acids is 2. The Morgan fingerprint density at radius 2 is 1.52 bits per heavy atom. The van der Waals surface area contributed by atoms with Crippen LogP contribution in [-0.4, -0.2) is 22.8 Å². The first-order valence-corrected chi connectivity index (χ1v) is 7.91. The number of hydrogen-bond donors (Lipinski definition) is 0. The molecule has 3 nitrogen and oxygen atoms in total. The summed E-state index contributed by atoms with van der Waals surface area (Å²) in [6.07, 6.45) is 6.28. The predicted octanol–water partition coefficient (Wildman–Crippen LogP) is 3.73. The van der Waals surface area contributed by atoms with Gasteiger partial charge >= 0.3 is 0 Å². The van der Waals surface area contributed by atoms with Gasteiger partial charge in [-0.15, -0.1) is 0 Å². The van der Waals surface area contributed by atoms with Gasteiger partial charge in [0.05, 0.1) is 5.57 Å². The lowest BCUT2D eigenvalue weighted by Gasteiger charge is -2.25. The van der Waals surface area contributed by atoms with Crippen molar-refractivity contribution in [1.82, 2.24) is 4.90 Å². The third kappa shape index (κ3) is 2.62. The van der Waals surface area contributed by atoms with Crippen LogP contribution in [0.25, 0.3) is 5.57 Å². The van der Waals surface area contributed by atoms with E-state index < -0.39 is 0 Å². The SMILES string of the molecule is O=C1C(Cl)=C(c2ccccc2)C(=O)N1C1CCCCCC1. The maximum Gasteiger partial charge on any atom is 0.273 e. The average molecular weight is 304 g/mol. The molecule has 0 unspecified atom stereocenters. The molecule has 0 saturated heterocycles. The number of benzene rings is 1. The van der Waals surface area contributed by atoms with E-state index in [9.17, 15) is 9.59 Å². The number of carbonyl (C=O) groups is 2. The molecule has 0 aromatic heterocycles. The van der Waals surface area contributed by atoms with Gasteiger partial charge in [0.25, 0.3) is 11.8 Å². The fraction of sp³-hybridized carbons (Fsp3) is 0.412. The maximum atomic E-state index is 12.7. The molecule has 0 radical (unpaired) electrons. The van der Waals surface area contributed by atoms with Crippen molar-refractivity contribution in [2.75, 3.05) is 0 Å². The molecule has 0 spiro atoms. The van der Waals surface area contributed by atoms with Crippen molar-refractivity contribution < 1.29 is 9.59 Å². The Labute approximate surface area is 129 Å². The van der Waals surface area contributed by atoms with Gasteiger partial charge in [0.2, 0.25) is 0 Å². The first kappa shape index (κ1) is 14.3. The highest BCUT2D eigenvalue weighted by Crippen LogP contribution is 2.35. The van der Waals surface area contributed by atoms with E-state index >= 15 is 0 Å². The topological polar surface area (TPSA) is 37.4 Å². The number of nitrogens with zero attached hydrogens (tertiary/aromatic N) is 1. The Balaban J connectivity index is 1.91. The minimum atomic E-state index is -0.326. The summed E-state index contributed by atoms with van der Waals surface area (Å²) in [5.41, 5.74) is 1.07. The van der Waals surface area contributed by atoms with Crippen LogP contribution < -0.4 is 0 Å². The first-order chi connectivity index (χ1) is 10.2. The average Bonchev–Trinajstić information content (AvgIpc) is 2.70. The number of imide groups is 1. The summed E-state index contributed by atoms with van der Waals surface area (Å²) in [4.78, 5) is 26.5. The second kappa shape index (κ2) is 6.02. The van der Waals surface area contributed by atoms with Crippen LogP contribution in [0.15, 0.2) is 35.4 Å². The number of amides is 2. The molecule has 2 aliphatic rings. The molecule has 0 bridgehead atoms. The van der Waals surface area contributed by atoms with Crippen LogP contribution in [0.2, 0.25) is 0 Å². The standard InChI is InChI=1S/C17H18ClNO2/c18-15-14(12-8-4-3-5-9-12)16(20)19(17(15)21)13-10-6-1-2-7-11-13/h3-5,8-9,13H,1-2,6-7,10-11H2. The van der Waals surface area contributed by atoms with Gasteiger partial charge in [-0.25, -0.2) is 0 Å². The van der Waals surface area contributed by atoms with Crippen molar-refractivity contribution in [1.29, 1.82) is 0 Å². The zero-order valence-corrected chi connectivity index (χ0v) is 12.6. The Bertz CT molecular complexity index is 586. The van der Waals surface area contributed by atoms with E-state index in [-0.39, 0.29) is 22.9 Å². The van der Waals surface area contributed by atoms with Crippen LogP contribution in [0, 0.1) is 0 Å². The van der Waals surface area contributed by atoms with Gasteiger partial charge in [0, 0.05) is 6.04 Å². The molecule has 0 atom stereocenters. The Kier molecular flexibility index (Phi) is 4.11. The quantitative estimate of drug-likeness (QED) is 0.617. The molecule has 4 heteroatoms. The monoisotopic (exact) mass is 303 g/mol. The van der Waals surface area contributed by atoms with Gasteiger partial charge in [0.1, 0.15) is 5.03 Å². The third-order valence-corrected chi connectivity index (χ3v) is 4.66. The van der Waals surface area contributed by atoms with Crippen LogP contribution >= 0.6 is 11.6 Å². The zero-order chi connectivity index (χ0) is 14.8. The summed E-state index contributed by atoms with van der Waals surface area (Å²) >= 11 is 6.18. The fourth-order valence-corrected chi connectivity index (χ4v) is 3.50. The van der Waals surface area contributed by atoms with E-state index in [1.807, 2.05) is 30.3 Å². The van der Waals surface area contributed by atoms with E-state index in [4.69, 9.17) is 11.6 Å². The molecule has 1 aliphatic heterocycles. The van der Waals surface area contributed by atoms with Crippen molar-refractivity contribution in [3.05, 3.63) is 40.9 Å². The lowest BCUT2D eigenvalue weighted by Crippen LogP contribution is -2.40. The number of rotatable bonds is 2. The summed E-state index contributed by atoms with van der Waals surface area (Å²) in [7, 11) is 0. The van der Waals surface area contributed by atoms with Crippen molar-refractivity contribution in [3.63, 3.8) is 0 Å². The zero-order valence-electron chi connectivity index (χ0n) is 11.8. The van der Waals surface area contributed by atoms with E-state index in [0.29, 0.717) is 5.57 Å². The van der Waals surface area contributed by atoms with Crippen molar-refractivity contribution in [2.24, 2.45) is 0 Å². The van der Waals surface area contributed by atoms with Gasteiger partial charge in [-0.05, 0) is 18.4 Å². The molecule has 21 heavy (non-hydrogen) atoms. The highest BCUT2D eigenvalue weighted by molar-refractivity contribution is 6.55. The van der Waals surface area contributed by atoms with Crippen LogP contribution in [0.3, 0.4) is 0 Å². The molecule has 0 N–H and O–H groups in total. The highest BCUT2D eigenvalue weighted by atomic mass is 35.5. The summed E-state index contributed by atoms with van der Waals surface area (Å²) in [5.74, 6) is -0.560.